The highest BCUT2D eigenvalue weighted by Crippen LogP contribution is 2.29. The van der Waals surface area contributed by atoms with Crippen molar-refractivity contribution in [3.8, 4) is 17.5 Å². The largest absolute Gasteiger partial charge is 0.468 e. The summed E-state index contributed by atoms with van der Waals surface area (Å²) in [5.74, 6) is 1.68. The van der Waals surface area contributed by atoms with E-state index in [0.29, 0.717) is 23.3 Å². The molecule has 1 unspecified atom stereocenters. The van der Waals surface area contributed by atoms with Crippen LogP contribution in [0.15, 0.2) is 51.5 Å². The Morgan fingerprint density at radius 3 is 2.64 bits per heavy atom. The summed E-state index contributed by atoms with van der Waals surface area (Å²) in [6.45, 7) is 2.63. The Bertz CT molecular complexity index is 938. The maximum absolute atomic E-state index is 9.46. The summed E-state index contributed by atoms with van der Waals surface area (Å²) >= 11 is 5.94. The number of hydrogen-bond acceptors (Lipinski definition) is 6. The number of aromatic nitrogens is 1. The van der Waals surface area contributed by atoms with Gasteiger partial charge in [0.15, 0.2) is 0 Å². The third kappa shape index (κ3) is 4.06. The Morgan fingerprint density at radius 2 is 1.96 bits per heavy atom. The van der Waals surface area contributed by atoms with E-state index in [1.54, 1.807) is 18.4 Å². The fourth-order valence-electron chi connectivity index (χ4n) is 3.54. The van der Waals surface area contributed by atoms with E-state index in [4.69, 9.17) is 20.4 Å². The fraction of sp³-hybridized carbons (Fsp3) is 0.333. The summed E-state index contributed by atoms with van der Waals surface area (Å²) in [5, 5.41) is 13.4. The van der Waals surface area contributed by atoms with Crippen LogP contribution >= 0.6 is 11.6 Å². The predicted molar refractivity (Wildman–Crippen MR) is 107 cm³/mol. The second kappa shape index (κ2) is 8.51. The standard InChI is InChI=1S/C21H21ClN4O2/c22-16-8-6-15(7-9-16)20-25-17(13-23)21(28-20)24-14-18(19-5-4-12-27-19)26-10-2-1-3-11-26/h4-9,12,18,24H,1-3,10-11,14H2. The van der Waals surface area contributed by atoms with Gasteiger partial charge in [0.25, 0.3) is 0 Å². The summed E-state index contributed by atoms with van der Waals surface area (Å²) in [5.41, 5.74) is 1.01. The second-order valence-corrected chi connectivity index (χ2v) is 7.26. The Morgan fingerprint density at radius 1 is 1.18 bits per heavy atom. The number of oxazole rings is 1. The summed E-state index contributed by atoms with van der Waals surface area (Å²) in [6.07, 6.45) is 5.33. The quantitative estimate of drug-likeness (QED) is 0.624. The minimum absolute atomic E-state index is 0.0749. The first-order valence-corrected chi connectivity index (χ1v) is 9.80. The zero-order valence-corrected chi connectivity index (χ0v) is 16.2. The summed E-state index contributed by atoms with van der Waals surface area (Å²) in [7, 11) is 0. The first kappa shape index (κ1) is 18.6. The van der Waals surface area contributed by atoms with Crippen molar-refractivity contribution < 1.29 is 8.83 Å². The van der Waals surface area contributed by atoms with Gasteiger partial charge in [-0.2, -0.15) is 10.2 Å². The molecule has 6 nitrogen and oxygen atoms in total. The topological polar surface area (TPSA) is 78.2 Å². The van der Waals surface area contributed by atoms with Gasteiger partial charge in [-0.25, -0.2) is 0 Å². The number of likely N-dealkylation sites (tertiary alicyclic amines) is 1. The number of nitriles is 1. The van der Waals surface area contributed by atoms with Crippen molar-refractivity contribution in [1.82, 2.24) is 9.88 Å². The van der Waals surface area contributed by atoms with Gasteiger partial charge >= 0.3 is 0 Å². The average Bonchev–Trinajstić information content (AvgIpc) is 3.40. The van der Waals surface area contributed by atoms with Crippen LogP contribution in [0.5, 0.6) is 0 Å². The first-order valence-electron chi connectivity index (χ1n) is 9.43. The molecule has 1 aliphatic heterocycles. The van der Waals surface area contributed by atoms with Crippen molar-refractivity contribution >= 4 is 17.5 Å². The summed E-state index contributed by atoms with van der Waals surface area (Å²) < 4.78 is 11.5. The molecule has 0 radical (unpaired) electrons. The summed E-state index contributed by atoms with van der Waals surface area (Å²) in [6, 6.07) is 13.2. The molecule has 0 spiro atoms. The first-order chi connectivity index (χ1) is 13.7. The van der Waals surface area contributed by atoms with E-state index in [-0.39, 0.29) is 11.7 Å². The molecule has 1 saturated heterocycles. The number of halogens is 1. The van der Waals surface area contributed by atoms with Gasteiger partial charge in [-0.1, -0.05) is 18.0 Å². The van der Waals surface area contributed by atoms with Gasteiger partial charge in [0.05, 0.1) is 12.3 Å². The van der Waals surface area contributed by atoms with Crippen molar-refractivity contribution in [2.75, 3.05) is 25.0 Å². The number of anilines is 1. The normalized spacial score (nSPS) is 15.9. The molecule has 0 amide bonds. The molecule has 4 rings (SSSR count). The molecule has 1 fully saturated rings. The highest BCUT2D eigenvalue weighted by atomic mass is 35.5. The number of rotatable bonds is 6. The van der Waals surface area contributed by atoms with E-state index >= 15 is 0 Å². The van der Waals surface area contributed by atoms with Crippen LogP contribution in [0, 0.1) is 11.3 Å². The van der Waals surface area contributed by atoms with Crippen LogP contribution in [0.4, 0.5) is 5.88 Å². The number of piperidine rings is 1. The van der Waals surface area contributed by atoms with Gasteiger partial charge in [0.2, 0.25) is 17.5 Å². The van der Waals surface area contributed by atoms with Crippen LogP contribution in [0.25, 0.3) is 11.5 Å². The summed E-state index contributed by atoms with van der Waals surface area (Å²) in [4.78, 5) is 6.73. The molecule has 1 aromatic carbocycles. The Balaban J connectivity index is 1.54. The number of nitrogens with zero attached hydrogens (tertiary/aromatic N) is 3. The maximum Gasteiger partial charge on any atom is 0.232 e. The van der Waals surface area contributed by atoms with Crippen LogP contribution in [-0.2, 0) is 0 Å². The van der Waals surface area contributed by atoms with E-state index in [9.17, 15) is 5.26 Å². The van der Waals surface area contributed by atoms with E-state index in [1.807, 2.05) is 24.3 Å². The lowest BCUT2D eigenvalue weighted by molar-refractivity contribution is 0.152. The highest BCUT2D eigenvalue weighted by Gasteiger charge is 2.25. The number of hydrogen-bond donors (Lipinski definition) is 1. The van der Waals surface area contributed by atoms with Crippen molar-refractivity contribution in [3.63, 3.8) is 0 Å². The lowest BCUT2D eigenvalue weighted by Gasteiger charge is -2.33. The third-order valence-corrected chi connectivity index (χ3v) is 5.24. The molecule has 144 valence electrons. The molecule has 28 heavy (non-hydrogen) atoms. The van der Waals surface area contributed by atoms with Crippen molar-refractivity contribution in [2.45, 2.75) is 25.3 Å². The number of furan rings is 1. The molecule has 0 bridgehead atoms. The second-order valence-electron chi connectivity index (χ2n) is 6.82. The van der Waals surface area contributed by atoms with Crippen molar-refractivity contribution in [2.24, 2.45) is 0 Å². The van der Waals surface area contributed by atoms with Gasteiger partial charge in [0, 0.05) is 17.1 Å². The SMILES string of the molecule is N#Cc1nc(-c2ccc(Cl)cc2)oc1NCC(c1ccco1)N1CCCCC1. The fourth-order valence-corrected chi connectivity index (χ4v) is 3.67. The molecule has 3 heterocycles. The molecular formula is C21H21ClN4O2. The minimum atomic E-state index is 0.0749. The lowest BCUT2D eigenvalue weighted by Crippen LogP contribution is -2.37. The van der Waals surface area contributed by atoms with Crippen molar-refractivity contribution in [1.29, 1.82) is 5.26 Å². The van der Waals surface area contributed by atoms with Gasteiger partial charge in [-0.3, -0.25) is 4.90 Å². The van der Waals surface area contributed by atoms with Crippen molar-refractivity contribution in [3.05, 3.63) is 59.1 Å². The molecule has 1 atom stereocenters. The Hall–Kier alpha value is -2.75. The highest BCUT2D eigenvalue weighted by molar-refractivity contribution is 6.30. The maximum atomic E-state index is 9.46. The lowest BCUT2D eigenvalue weighted by atomic mass is 10.1. The van der Waals surface area contributed by atoms with Gasteiger partial charge in [-0.05, 0) is 62.3 Å². The van der Waals surface area contributed by atoms with E-state index in [2.05, 4.69) is 21.3 Å². The number of nitrogens with one attached hydrogen (secondary N) is 1. The predicted octanol–water partition coefficient (Wildman–Crippen LogP) is 5.10. The van der Waals surface area contributed by atoms with E-state index < -0.39 is 0 Å². The zero-order chi connectivity index (χ0) is 19.3. The monoisotopic (exact) mass is 396 g/mol. The van der Waals surface area contributed by atoms with Gasteiger partial charge < -0.3 is 14.2 Å². The van der Waals surface area contributed by atoms with Crippen LogP contribution in [0.2, 0.25) is 5.02 Å². The third-order valence-electron chi connectivity index (χ3n) is 4.98. The zero-order valence-electron chi connectivity index (χ0n) is 15.4. The molecule has 2 aromatic heterocycles. The molecular weight excluding hydrogens is 376 g/mol. The van der Waals surface area contributed by atoms with E-state index in [1.165, 1.54) is 19.3 Å². The molecule has 0 aliphatic carbocycles. The van der Waals surface area contributed by atoms with Gasteiger partial charge in [0.1, 0.15) is 11.8 Å². The smallest absolute Gasteiger partial charge is 0.232 e. The Labute approximate surface area is 168 Å². The van der Waals surface area contributed by atoms with Crippen LogP contribution in [-0.4, -0.2) is 29.5 Å². The molecule has 1 aliphatic rings. The van der Waals surface area contributed by atoms with Crippen LogP contribution in [0.3, 0.4) is 0 Å². The van der Waals surface area contributed by atoms with Gasteiger partial charge in [-0.15, -0.1) is 0 Å². The number of benzene rings is 1. The van der Waals surface area contributed by atoms with E-state index in [0.717, 1.165) is 24.4 Å². The minimum Gasteiger partial charge on any atom is -0.468 e. The van der Waals surface area contributed by atoms with Crippen LogP contribution < -0.4 is 5.32 Å². The molecule has 1 N–H and O–H groups in total. The Kier molecular flexibility index (Phi) is 5.65. The molecule has 3 aromatic rings. The molecule has 0 saturated carbocycles. The molecule has 7 heteroatoms. The average molecular weight is 397 g/mol. The van der Waals surface area contributed by atoms with Crippen LogP contribution in [0.1, 0.15) is 36.8 Å².